The maximum absolute atomic E-state index is 13.9. The number of hydrogen-bond donors (Lipinski definition) is 2. The average molecular weight is 853 g/mol. The normalized spacial score (nSPS) is 15.4. The van der Waals surface area contributed by atoms with Crippen molar-refractivity contribution in [3.05, 3.63) is 125 Å². The van der Waals surface area contributed by atoms with Crippen molar-refractivity contribution in [2.24, 2.45) is 9.98 Å². The molecule has 2 aliphatic heterocycles. The van der Waals surface area contributed by atoms with Gasteiger partial charge in [0.1, 0.15) is 33.7 Å². The predicted molar refractivity (Wildman–Crippen MR) is 224 cm³/mol. The van der Waals surface area contributed by atoms with Crippen molar-refractivity contribution >= 4 is 82.6 Å². The van der Waals surface area contributed by atoms with Crippen LogP contribution in [-0.4, -0.2) is 73.4 Å². The highest BCUT2D eigenvalue weighted by molar-refractivity contribution is 7.17. The molecule has 2 amide bonds. The fourth-order valence-corrected chi connectivity index (χ4v) is 9.83. The highest BCUT2D eigenvalue weighted by Crippen LogP contribution is 2.41. The Morgan fingerprint density at radius 2 is 1.21 bits per heavy atom. The van der Waals surface area contributed by atoms with Gasteiger partial charge in [-0.05, 0) is 70.0 Å². The van der Waals surface area contributed by atoms with Crippen LogP contribution in [0.25, 0.3) is 10.0 Å². The number of ether oxygens (including phenoxy) is 1. The van der Waals surface area contributed by atoms with Crippen molar-refractivity contribution in [1.29, 1.82) is 0 Å². The van der Waals surface area contributed by atoms with Gasteiger partial charge in [-0.3, -0.25) is 33.5 Å². The fraction of sp³-hybridized carbons (Fsp3) is 0.256. The molecule has 0 fully saturated rings. The largest absolute Gasteiger partial charge is 0.469 e. The van der Waals surface area contributed by atoms with E-state index in [9.17, 15) is 14.4 Å². The number of nitrogens with zero attached hydrogens (tertiary/aromatic N) is 8. The summed E-state index contributed by atoms with van der Waals surface area (Å²) in [6, 6.07) is 13.2. The van der Waals surface area contributed by atoms with Crippen LogP contribution in [0, 0.1) is 34.6 Å². The summed E-state index contributed by atoms with van der Waals surface area (Å²) in [5, 5.41) is 25.8. The SMILES string of the molecule is COC(=O)CC1N=C(c2ccc(Cl)cc2)c2c(sc(C(=O)N[B]NC(=O)CC3N=C(c4ccc(Cl)cc4)c4c(sc(C)c4C)-n4c(C)nnc43)c2C)-n2c(C)nnc21. The molecule has 58 heavy (non-hydrogen) atoms. The van der Waals surface area contributed by atoms with Gasteiger partial charge in [-0.2, -0.15) is 0 Å². The van der Waals surface area contributed by atoms with Crippen molar-refractivity contribution in [3.8, 4) is 10.0 Å². The molecular weight excluding hydrogens is 818 g/mol. The van der Waals surface area contributed by atoms with E-state index < -0.39 is 29.9 Å². The lowest BCUT2D eigenvalue weighted by atomic mass is 9.99. The molecule has 19 heteroatoms. The maximum Gasteiger partial charge on any atom is 0.390 e. The molecule has 14 nitrogen and oxygen atoms in total. The summed E-state index contributed by atoms with van der Waals surface area (Å²) in [7, 11) is 2.55. The Balaban J connectivity index is 1.06. The van der Waals surface area contributed by atoms with Gasteiger partial charge in [-0.25, -0.2) is 0 Å². The second-order valence-electron chi connectivity index (χ2n) is 13.8. The number of nitrogens with one attached hydrogen (secondary N) is 2. The number of methoxy groups -OCH3 is 1. The molecule has 6 aromatic rings. The number of hydrogen-bond acceptors (Lipinski definition) is 12. The molecule has 6 heterocycles. The first kappa shape index (κ1) is 39.3. The van der Waals surface area contributed by atoms with Crippen LogP contribution in [-0.2, 0) is 14.3 Å². The third kappa shape index (κ3) is 7.05. The van der Waals surface area contributed by atoms with E-state index in [-0.39, 0.29) is 12.8 Å². The second-order valence-corrected chi connectivity index (χ2v) is 16.8. The van der Waals surface area contributed by atoms with Crippen LogP contribution in [0.3, 0.4) is 0 Å². The molecule has 1 radical (unpaired) electrons. The Morgan fingerprint density at radius 1 is 0.707 bits per heavy atom. The Kier molecular flexibility index (Phi) is 10.6. The molecule has 4 aromatic heterocycles. The molecule has 0 bridgehead atoms. The van der Waals surface area contributed by atoms with Crippen molar-refractivity contribution < 1.29 is 19.1 Å². The number of carbonyl (C=O) groups is 3. The van der Waals surface area contributed by atoms with Gasteiger partial charge in [0.2, 0.25) is 5.91 Å². The van der Waals surface area contributed by atoms with Crippen LogP contribution < -0.4 is 10.5 Å². The monoisotopic (exact) mass is 851 g/mol. The maximum atomic E-state index is 13.9. The Labute approximate surface area is 351 Å². The van der Waals surface area contributed by atoms with Crippen molar-refractivity contribution in [2.75, 3.05) is 7.11 Å². The molecule has 0 aliphatic carbocycles. The van der Waals surface area contributed by atoms with Gasteiger partial charge in [0.15, 0.2) is 11.6 Å². The second kappa shape index (κ2) is 15.7. The first-order valence-electron chi connectivity index (χ1n) is 18.1. The third-order valence-electron chi connectivity index (χ3n) is 10.1. The van der Waals surface area contributed by atoms with Crippen LogP contribution in [0.15, 0.2) is 58.5 Å². The molecule has 293 valence electrons. The molecular formula is C39H34BCl2N10O4S2. The Morgan fingerprint density at radius 3 is 1.74 bits per heavy atom. The minimum absolute atomic E-state index is 0.0670. The molecule has 0 saturated heterocycles. The summed E-state index contributed by atoms with van der Waals surface area (Å²) >= 11 is 15.3. The van der Waals surface area contributed by atoms with Gasteiger partial charge in [0, 0.05) is 37.2 Å². The number of aliphatic imine (C=N–C) groups is 2. The van der Waals surface area contributed by atoms with E-state index in [0.29, 0.717) is 60.1 Å². The van der Waals surface area contributed by atoms with Crippen LogP contribution >= 0.6 is 45.9 Å². The van der Waals surface area contributed by atoms with E-state index in [2.05, 4.69) is 44.7 Å². The summed E-state index contributed by atoms with van der Waals surface area (Å²) in [6.45, 7) is 9.63. The minimum atomic E-state index is -0.711. The standard InChI is InChI=1S/C39H34BCl2N10O4S2/c1-17-19(3)57-38-30(17)32(22-7-11-24(41)12-8-22)43-26(35-49-47-20(4)51(35)38)15-28(53)45-40-46-37(55)34-18(2)31-33(23-9-13-25(42)14-10-23)44-27(16-29(54)56-6)36-50-48-21(5)52(36)39(31)58-34/h7-14,26-27H,15-16H2,1-6H3,(H,45,53)(H,46,55). The first-order chi connectivity index (χ1) is 27.8. The molecule has 2 N–H and O–H groups in total. The van der Waals surface area contributed by atoms with E-state index in [1.54, 1.807) is 30.4 Å². The van der Waals surface area contributed by atoms with Gasteiger partial charge in [-0.15, -0.1) is 43.1 Å². The fourth-order valence-electron chi connectivity index (χ4n) is 7.09. The molecule has 2 aliphatic rings. The van der Waals surface area contributed by atoms with Crippen LogP contribution in [0.4, 0.5) is 0 Å². The summed E-state index contributed by atoms with van der Waals surface area (Å²) in [5.41, 5.74) is 6.23. The smallest absolute Gasteiger partial charge is 0.390 e. The van der Waals surface area contributed by atoms with Gasteiger partial charge in [-0.1, -0.05) is 47.5 Å². The Bertz CT molecular complexity index is 2700. The highest BCUT2D eigenvalue weighted by Gasteiger charge is 2.35. The quantitative estimate of drug-likeness (QED) is 0.121. The lowest BCUT2D eigenvalue weighted by molar-refractivity contribution is -0.141. The van der Waals surface area contributed by atoms with Crippen molar-refractivity contribution in [3.63, 3.8) is 0 Å². The lowest BCUT2D eigenvalue weighted by Gasteiger charge is -2.13. The number of aromatic nitrogens is 6. The molecule has 8 rings (SSSR count). The molecule has 2 aromatic carbocycles. The summed E-state index contributed by atoms with van der Waals surface area (Å²) in [6.07, 6.45) is -0.146. The zero-order chi connectivity index (χ0) is 41.0. The van der Waals surface area contributed by atoms with Crippen LogP contribution in [0.5, 0.6) is 0 Å². The summed E-state index contributed by atoms with van der Waals surface area (Å²) < 4.78 is 8.78. The van der Waals surface area contributed by atoms with E-state index in [4.69, 9.17) is 37.9 Å². The minimum Gasteiger partial charge on any atom is -0.469 e. The van der Waals surface area contributed by atoms with Gasteiger partial charge in [0.05, 0.1) is 36.3 Å². The number of rotatable bonds is 9. The number of carbonyl (C=O) groups excluding carboxylic acids is 3. The van der Waals surface area contributed by atoms with E-state index in [1.165, 1.54) is 26.0 Å². The highest BCUT2D eigenvalue weighted by atomic mass is 35.5. The van der Waals surface area contributed by atoms with Gasteiger partial charge in [0.25, 0.3) is 5.91 Å². The average Bonchev–Trinajstić information content (AvgIpc) is 3.90. The topological polar surface area (TPSA) is 171 Å². The van der Waals surface area contributed by atoms with Crippen LogP contribution in [0.2, 0.25) is 10.0 Å². The van der Waals surface area contributed by atoms with Crippen LogP contribution in [0.1, 0.15) is 96.2 Å². The van der Waals surface area contributed by atoms with E-state index >= 15 is 0 Å². The number of benzene rings is 2. The molecule has 2 atom stereocenters. The number of esters is 1. The number of fused-ring (bicyclic) bond motifs is 6. The first-order valence-corrected chi connectivity index (χ1v) is 20.5. The summed E-state index contributed by atoms with van der Waals surface area (Å²) in [5.74, 6) is 0.900. The third-order valence-corrected chi connectivity index (χ3v) is 13.1. The molecule has 2 unspecified atom stereocenters. The van der Waals surface area contributed by atoms with Gasteiger partial charge >= 0.3 is 13.5 Å². The van der Waals surface area contributed by atoms with Crippen molar-refractivity contribution in [2.45, 2.75) is 59.5 Å². The van der Waals surface area contributed by atoms with E-state index in [0.717, 1.165) is 37.8 Å². The van der Waals surface area contributed by atoms with E-state index in [1.807, 2.05) is 59.4 Å². The number of aryl methyl sites for hydroxylation is 3. The number of halogens is 2. The zero-order valence-electron chi connectivity index (χ0n) is 32.0. The zero-order valence-corrected chi connectivity index (χ0v) is 35.2. The lowest BCUT2D eigenvalue weighted by Crippen LogP contribution is -2.41. The number of amides is 2. The van der Waals surface area contributed by atoms with Gasteiger partial charge < -0.3 is 15.2 Å². The molecule has 0 spiro atoms. The number of thiophene rings is 2. The Hall–Kier alpha value is -5.49. The predicted octanol–water partition coefficient (Wildman–Crippen LogP) is 6.64. The summed E-state index contributed by atoms with van der Waals surface area (Å²) in [4.78, 5) is 51.8. The van der Waals surface area contributed by atoms with Crippen molar-refractivity contribution in [1.82, 2.24) is 40.0 Å². The molecule has 0 saturated carbocycles.